The van der Waals surface area contributed by atoms with Crippen LogP contribution in [0.3, 0.4) is 0 Å². The van der Waals surface area contributed by atoms with Crippen LogP contribution in [0.25, 0.3) is 0 Å². The highest BCUT2D eigenvalue weighted by molar-refractivity contribution is 9.10. The average Bonchev–Trinajstić information content (AvgIpc) is 3.09. The molecule has 0 unspecified atom stereocenters. The Morgan fingerprint density at radius 3 is 2.66 bits per heavy atom. The molecule has 0 saturated heterocycles. The molecule has 29 heavy (non-hydrogen) atoms. The predicted molar refractivity (Wildman–Crippen MR) is 122 cm³/mol. The van der Waals surface area contributed by atoms with Crippen molar-refractivity contribution in [2.75, 3.05) is 21.7 Å². The number of hydrogen-bond acceptors (Lipinski definition) is 7. The number of rotatable bonds is 7. The standard InChI is InChI=1S/C19H18BrN5O2S2/c1-11-6-7-16(15(20)8-11)23-17(27)10-28-19-25-24-18(29-19)22-14-5-3-4-13(9-14)21-12(2)26/h3-9H,10H2,1-2H3,(H,21,26)(H,22,24)(H,23,27). The molecule has 0 radical (unpaired) electrons. The number of amides is 2. The summed E-state index contributed by atoms with van der Waals surface area (Å²) in [7, 11) is 0. The first-order valence-corrected chi connectivity index (χ1v) is 11.2. The molecule has 0 aliphatic carbocycles. The fourth-order valence-corrected chi connectivity index (χ4v) is 4.52. The van der Waals surface area contributed by atoms with E-state index in [4.69, 9.17) is 0 Å². The Kier molecular flexibility index (Phi) is 7.24. The van der Waals surface area contributed by atoms with E-state index in [-0.39, 0.29) is 17.6 Å². The molecule has 3 aromatic rings. The summed E-state index contributed by atoms with van der Waals surface area (Å²) in [5, 5.41) is 17.6. The van der Waals surface area contributed by atoms with Crippen LogP contribution in [-0.4, -0.2) is 27.8 Å². The molecular weight excluding hydrogens is 474 g/mol. The molecule has 7 nitrogen and oxygen atoms in total. The second-order valence-corrected chi connectivity index (χ2v) is 9.13. The largest absolute Gasteiger partial charge is 0.330 e. The van der Waals surface area contributed by atoms with Gasteiger partial charge in [-0.2, -0.15) is 0 Å². The van der Waals surface area contributed by atoms with E-state index in [2.05, 4.69) is 42.1 Å². The van der Waals surface area contributed by atoms with E-state index >= 15 is 0 Å². The fraction of sp³-hybridized carbons (Fsp3) is 0.158. The summed E-state index contributed by atoms with van der Waals surface area (Å²) in [6.07, 6.45) is 0. The number of benzene rings is 2. The molecule has 0 fully saturated rings. The summed E-state index contributed by atoms with van der Waals surface area (Å²) < 4.78 is 1.53. The molecule has 1 aromatic heterocycles. The lowest BCUT2D eigenvalue weighted by Gasteiger charge is -2.07. The Labute approximate surface area is 184 Å². The maximum Gasteiger partial charge on any atom is 0.234 e. The number of thioether (sulfide) groups is 1. The number of nitrogens with one attached hydrogen (secondary N) is 3. The molecule has 0 atom stereocenters. The highest BCUT2D eigenvalue weighted by Gasteiger charge is 2.10. The molecular formula is C19H18BrN5O2S2. The number of hydrogen-bond donors (Lipinski definition) is 3. The van der Waals surface area contributed by atoms with Gasteiger partial charge in [0.15, 0.2) is 4.34 Å². The smallest absolute Gasteiger partial charge is 0.234 e. The molecule has 1 heterocycles. The molecule has 0 saturated carbocycles. The molecule has 10 heteroatoms. The minimum absolute atomic E-state index is 0.118. The van der Waals surface area contributed by atoms with Crippen molar-refractivity contribution in [2.45, 2.75) is 18.2 Å². The average molecular weight is 492 g/mol. The van der Waals surface area contributed by atoms with Crippen LogP contribution in [0.15, 0.2) is 51.3 Å². The van der Waals surface area contributed by atoms with Gasteiger partial charge in [-0.25, -0.2) is 0 Å². The lowest BCUT2D eigenvalue weighted by molar-refractivity contribution is -0.114. The van der Waals surface area contributed by atoms with Gasteiger partial charge in [0.25, 0.3) is 0 Å². The molecule has 2 amide bonds. The lowest BCUT2D eigenvalue weighted by Crippen LogP contribution is -2.14. The van der Waals surface area contributed by atoms with E-state index in [0.29, 0.717) is 15.2 Å². The Balaban J connectivity index is 1.54. The summed E-state index contributed by atoms with van der Waals surface area (Å²) in [4.78, 5) is 23.4. The van der Waals surface area contributed by atoms with Crippen molar-refractivity contribution in [1.82, 2.24) is 10.2 Å². The van der Waals surface area contributed by atoms with Crippen molar-refractivity contribution in [3.8, 4) is 0 Å². The van der Waals surface area contributed by atoms with Crippen molar-refractivity contribution in [1.29, 1.82) is 0 Å². The van der Waals surface area contributed by atoms with E-state index in [0.717, 1.165) is 21.4 Å². The van der Waals surface area contributed by atoms with Crippen LogP contribution < -0.4 is 16.0 Å². The highest BCUT2D eigenvalue weighted by atomic mass is 79.9. The number of halogens is 1. The Bertz CT molecular complexity index is 1040. The van der Waals surface area contributed by atoms with Gasteiger partial charge in [0.05, 0.1) is 11.4 Å². The number of anilines is 4. The van der Waals surface area contributed by atoms with Gasteiger partial charge < -0.3 is 16.0 Å². The number of nitrogens with zero attached hydrogens (tertiary/aromatic N) is 2. The van der Waals surface area contributed by atoms with Gasteiger partial charge in [-0.3, -0.25) is 9.59 Å². The molecule has 150 valence electrons. The van der Waals surface area contributed by atoms with Crippen molar-refractivity contribution < 1.29 is 9.59 Å². The lowest BCUT2D eigenvalue weighted by atomic mass is 10.2. The summed E-state index contributed by atoms with van der Waals surface area (Å²) in [6, 6.07) is 13.1. The van der Waals surface area contributed by atoms with Gasteiger partial charge in [-0.15, -0.1) is 10.2 Å². The first-order chi connectivity index (χ1) is 13.9. The van der Waals surface area contributed by atoms with Crippen LogP contribution in [0.5, 0.6) is 0 Å². The summed E-state index contributed by atoms with van der Waals surface area (Å²) in [5.74, 6) is -0.0209. The predicted octanol–water partition coefficient (Wildman–Crippen LogP) is 5.04. The maximum absolute atomic E-state index is 12.2. The third kappa shape index (κ3) is 6.55. The zero-order chi connectivity index (χ0) is 20.8. The Morgan fingerprint density at radius 1 is 1.10 bits per heavy atom. The molecule has 3 N–H and O–H groups in total. The fourth-order valence-electron chi connectivity index (χ4n) is 2.36. The highest BCUT2D eigenvalue weighted by Crippen LogP contribution is 2.29. The molecule has 3 rings (SSSR count). The summed E-state index contributed by atoms with van der Waals surface area (Å²) >= 11 is 6.13. The summed E-state index contributed by atoms with van der Waals surface area (Å²) in [6.45, 7) is 3.45. The normalized spacial score (nSPS) is 10.4. The monoisotopic (exact) mass is 491 g/mol. The first-order valence-electron chi connectivity index (χ1n) is 8.56. The van der Waals surface area contributed by atoms with Gasteiger partial charge in [-0.05, 0) is 58.7 Å². The molecule has 0 aliphatic heterocycles. The van der Waals surface area contributed by atoms with Crippen molar-refractivity contribution in [3.63, 3.8) is 0 Å². The van der Waals surface area contributed by atoms with Gasteiger partial charge in [0, 0.05) is 22.8 Å². The van der Waals surface area contributed by atoms with E-state index in [1.165, 1.54) is 30.0 Å². The molecule has 0 aliphatic rings. The zero-order valence-corrected chi connectivity index (χ0v) is 18.9. The van der Waals surface area contributed by atoms with Crippen LogP contribution >= 0.6 is 39.0 Å². The first kappa shape index (κ1) is 21.3. The number of aromatic nitrogens is 2. The molecule has 2 aromatic carbocycles. The number of carbonyl (C=O) groups is 2. The van der Waals surface area contributed by atoms with E-state index in [1.54, 1.807) is 6.07 Å². The quantitative estimate of drug-likeness (QED) is 0.400. The topological polar surface area (TPSA) is 96.0 Å². The maximum atomic E-state index is 12.2. The van der Waals surface area contributed by atoms with Crippen LogP contribution in [0.2, 0.25) is 0 Å². The third-order valence-electron chi connectivity index (χ3n) is 3.57. The molecule has 0 spiro atoms. The minimum atomic E-state index is -0.132. The van der Waals surface area contributed by atoms with Gasteiger partial charge >= 0.3 is 0 Å². The zero-order valence-electron chi connectivity index (χ0n) is 15.7. The van der Waals surface area contributed by atoms with Crippen molar-refractivity contribution in [2.24, 2.45) is 0 Å². The second-order valence-electron chi connectivity index (χ2n) is 6.08. The van der Waals surface area contributed by atoms with E-state index in [1.807, 2.05) is 43.3 Å². The van der Waals surface area contributed by atoms with Crippen LogP contribution in [0.1, 0.15) is 12.5 Å². The SMILES string of the molecule is CC(=O)Nc1cccc(Nc2nnc(SCC(=O)Nc3ccc(C)cc3Br)s2)c1. The second kappa shape index (κ2) is 9.86. The number of aryl methyl sites for hydroxylation is 1. The van der Waals surface area contributed by atoms with E-state index < -0.39 is 0 Å². The molecule has 0 bridgehead atoms. The van der Waals surface area contributed by atoms with Gasteiger partial charge in [-0.1, -0.05) is 35.2 Å². The van der Waals surface area contributed by atoms with E-state index in [9.17, 15) is 9.59 Å². The Morgan fingerprint density at radius 2 is 1.90 bits per heavy atom. The Hall–Kier alpha value is -2.43. The van der Waals surface area contributed by atoms with Gasteiger partial charge in [0.2, 0.25) is 16.9 Å². The third-order valence-corrected chi connectivity index (χ3v) is 6.19. The van der Waals surface area contributed by atoms with Crippen molar-refractivity contribution >= 4 is 73.0 Å². The van der Waals surface area contributed by atoms with Crippen molar-refractivity contribution in [3.05, 3.63) is 52.5 Å². The van der Waals surface area contributed by atoms with Crippen LogP contribution in [0.4, 0.5) is 22.2 Å². The van der Waals surface area contributed by atoms with Gasteiger partial charge in [0.1, 0.15) is 0 Å². The van der Waals surface area contributed by atoms with Crippen LogP contribution in [-0.2, 0) is 9.59 Å². The minimum Gasteiger partial charge on any atom is -0.330 e. The van der Waals surface area contributed by atoms with Crippen LogP contribution in [0, 0.1) is 6.92 Å². The summed E-state index contributed by atoms with van der Waals surface area (Å²) in [5.41, 5.74) is 3.33. The number of carbonyl (C=O) groups excluding carboxylic acids is 2.